The predicted octanol–water partition coefficient (Wildman–Crippen LogP) is 13.0. The minimum absolute atomic E-state index is 0.283. The molecule has 0 bridgehead atoms. The molecule has 0 aliphatic heterocycles. The Morgan fingerprint density at radius 2 is 0.420 bits per heavy atom. The van der Waals surface area contributed by atoms with E-state index in [9.17, 15) is 0 Å². The van der Waals surface area contributed by atoms with Crippen LogP contribution in [0.2, 0.25) is 0 Å². The Hall–Kier alpha value is -6.28. The van der Waals surface area contributed by atoms with Crippen LogP contribution in [0.1, 0.15) is 12.8 Å². The van der Waals surface area contributed by atoms with E-state index in [0.29, 0.717) is 0 Å². The summed E-state index contributed by atoms with van der Waals surface area (Å²) in [5.41, 5.74) is 0. The van der Waals surface area contributed by atoms with E-state index < -0.39 is 15.8 Å². The summed E-state index contributed by atoms with van der Waals surface area (Å²) in [5, 5.41) is 13.6. The molecule has 69 heavy (non-hydrogen) atoms. The first-order valence-corrected chi connectivity index (χ1v) is 29.5. The summed E-state index contributed by atoms with van der Waals surface area (Å²) in [5.74, 6) is 1.81. The largest absolute Gasteiger partial charge is 0.456 e. The van der Waals surface area contributed by atoms with Crippen LogP contribution in [0.5, 0.6) is 11.5 Å². The molecule has 0 saturated carbocycles. The lowest BCUT2D eigenvalue weighted by atomic mass is 10.3. The molecule has 10 rings (SSSR count). The van der Waals surface area contributed by atoms with E-state index in [2.05, 4.69) is 291 Å². The Kier molecular flexibility index (Phi) is 17.6. The fourth-order valence-electron chi connectivity index (χ4n) is 8.52. The summed E-state index contributed by atoms with van der Waals surface area (Å²) >= 11 is 0. The number of rotatable bonds is 17. The third kappa shape index (κ3) is 12.9. The van der Waals surface area contributed by atoms with Gasteiger partial charge in [-0.1, -0.05) is 279 Å². The van der Waals surface area contributed by atoms with Crippen LogP contribution in [0.15, 0.2) is 291 Å². The fourth-order valence-corrected chi connectivity index (χ4v) is 18.1. The van der Waals surface area contributed by atoms with Crippen LogP contribution in [-0.2, 0) is 0 Å². The zero-order valence-electron chi connectivity index (χ0n) is 38.7. The monoisotopic (exact) mass is 964 g/mol. The van der Waals surface area contributed by atoms with Crippen molar-refractivity contribution < 1.29 is 4.74 Å². The summed E-state index contributed by atoms with van der Waals surface area (Å²) in [7, 11) is -2.16. The SMILES string of the molecule is c1ccc(P(CCCCP(c2ccccc2)c2ccccc2)c2ccccc2)cc1.c1ccc(P(c2ccccc2)c2ccccc2Oc2ccccc2P(c2ccccc2)c2ccccc2)cc1. The van der Waals surface area contributed by atoms with Crippen LogP contribution < -0.4 is 57.8 Å². The van der Waals surface area contributed by atoms with E-state index in [4.69, 9.17) is 4.74 Å². The van der Waals surface area contributed by atoms with Crippen molar-refractivity contribution in [3.05, 3.63) is 291 Å². The summed E-state index contributed by atoms with van der Waals surface area (Å²) < 4.78 is 6.92. The van der Waals surface area contributed by atoms with Gasteiger partial charge in [-0.05, 0) is 111 Å². The molecule has 5 heteroatoms. The lowest BCUT2D eigenvalue weighted by molar-refractivity contribution is 0.491. The number of para-hydroxylation sites is 2. The topological polar surface area (TPSA) is 9.23 Å². The van der Waals surface area contributed by atoms with Gasteiger partial charge < -0.3 is 4.74 Å². The van der Waals surface area contributed by atoms with Gasteiger partial charge in [0.2, 0.25) is 0 Å². The smallest absolute Gasteiger partial charge is 0.135 e. The Bertz CT molecular complexity index is 2650. The molecule has 10 aromatic carbocycles. The minimum Gasteiger partial charge on any atom is -0.456 e. The van der Waals surface area contributed by atoms with Crippen molar-refractivity contribution >= 4 is 84.7 Å². The average molecular weight is 965 g/mol. The first-order chi connectivity index (χ1) is 34.3. The highest BCUT2D eigenvalue weighted by Gasteiger charge is 2.24. The van der Waals surface area contributed by atoms with Gasteiger partial charge in [0.25, 0.3) is 0 Å². The van der Waals surface area contributed by atoms with Crippen LogP contribution in [-0.4, -0.2) is 12.3 Å². The first kappa shape index (κ1) is 47.8. The molecule has 0 amide bonds. The van der Waals surface area contributed by atoms with Gasteiger partial charge >= 0.3 is 0 Å². The molecule has 0 spiro atoms. The molecule has 0 atom stereocenters. The number of ether oxygens (including phenoxy) is 1. The third-order valence-corrected chi connectivity index (χ3v) is 21.9. The van der Waals surface area contributed by atoms with Gasteiger partial charge in [0.1, 0.15) is 11.5 Å². The van der Waals surface area contributed by atoms with Crippen LogP contribution >= 0.6 is 31.7 Å². The highest BCUT2D eigenvalue weighted by molar-refractivity contribution is 7.80. The van der Waals surface area contributed by atoms with E-state index in [1.807, 2.05) is 0 Å². The number of hydrogen-bond donors (Lipinski definition) is 0. The van der Waals surface area contributed by atoms with E-state index in [-0.39, 0.29) is 15.8 Å². The average Bonchev–Trinajstić information content (AvgIpc) is 3.43. The quantitative estimate of drug-likeness (QED) is 0.0653. The Balaban J connectivity index is 0.000000178. The first-order valence-electron chi connectivity index (χ1n) is 23.7. The molecule has 0 aliphatic carbocycles. The second kappa shape index (κ2) is 25.4. The lowest BCUT2D eigenvalue weighted by Crippen LogP contribution is -2.23. The van der Waals surface area contributed by atoms with Crippen molar-refractivity contribution in [3.8, 4) is 11.5 Å². The van der Waals surface area contributed by atoms with Crippen molar-refractivity contribution in [2.75, 3.05) is 12.3 Å². The normalized spacial score (nSPS) is 11.1. The summed E-state index contributed by atoms with van der Waals surface area (Å²) in [4.78, 5) is 0. The van der Waals surface area contributed by atoms with Crippen molar-refractivity contribution in [2.45, 2.75) is 12.8 Å². The lowest BCUT2D eigenvalue weighted by Gasteiger charge is -2.25. The van der Waals surface area contributed by atoms with Crippen molar-refractivity contribution in [1.29, 1.82) is 0 Å². The van der Waals surface area contributed by atoms with Gasteiger partial charge in [0, 0.05) is 10.6 Å². The molecule has 0 radical (unpaired) electrons. The van der Waals surface area contributed by atoms with Crippen molar-refractivity contribution in [1.82, 2.24) is 0 Å². The van der Waals surface area contributed by atoms with E-state index >= 15 is 0 Å². The highest BCUT2D eigenvalue weighted by atomic mass is 31.1. The van der Waals surface area contributed by atoms with Crippen LogP contribution in [0.25, 0.3) is 0 Å². The minimum atomic E-state index is -0.795. The second-order valence-electron chi connectivity index (χ2n) is 16.4. The molecule has 0 heterocycles. The maximum atomic E-state index is 6.92. The van der Waals surface area contributed by atoms with Crippen molar-refractivity contribution in [2.24, 2.45) is 0 Å². The Morgan fingerprint density at radius 1 is 0.217 bits per heavy atom. The molecule has 338 valence electrons. The molecule has 0 aromatic heterocycles. The molecule has 1 nitrogen and oxygen atoms in total. The summed E-state index contributed by atoms with van der Waals surface area (Å²) in [6, 6.07) is 105. The molecule has 0 aliphatic rings. The molecule has 10 aromatic rings. The molecule has 0 unspecified atom stereocenters. The second-order valence-corrected chi connectivity index (χ2v) is 25.4. The molecular weight excluding hydrogens is 909 g/mol. The standard InChI is InChI=1S/C36H28OP2.C28H28P2/c1-5-17-29(18-6-1)38(30-19-7-2-8-20-30)35-27-15-13-25-33(35)37-34-26-14-16-28-36(34)39(31-21-9-3-10-22-31)32-23-11-4-12-24-32;1-5-15-25(16-6-1)29(26-17-7-2-8-18-26)23-13-14-24-30(27-19-9-3-10-20-27)28-21-11-4-12-22-28/h1-28H;1-12,15-22H,13-14,23-24H2. The number of hydrogen-bond acceptors (Lipinski definition) is 1. The van der Waals surface area contributed by atoms with Gasteiger partial charge in [0.05, 0.1) is 0 Å². The third-order valence-electron chi connectivity index (χ3n) is 11.8. The van der Waals surface area contributed by atoms with Gasteiger partial charge in [-0.2, -0.15) is 0 Å². The Labute approximate surface area is 415 Å². The van der Waals surface area contributed by atoms with E-state index in [0.717, 1.165) is 11.5 Å². The van der Waals surface area contributed by atoms with Gasteiger partial charge in [0.15, 0.2) is 0 Å². The number of unbranched alkanes of at least 4 members (excludes halogenated alkanes) is 1. The van der Waals surface area contributed by atoms with Crippen LogP contribution in [0, 0.1) is 0 Å². The van der Waals surface area contributed by atoms with Gasteiger partial charge in [-0.25, -0.2) is 0 Å². The molecule has 0 saturated heterocycles. The van der Waals surface area contributed by atoms with Crippen molar-refractivity contribution in [3.63, 3.8) is 0 Å². The maximum absolute atomic E-state index is 6.92. The summed E-state index contributed by atoms with van der Waals surface area (Å²) in [6.45, 7) is 0. The fraction of sp³-hybridized carbons (Fsp3) is 0.0625. The molecular formula is C64H56OP4. The van der Waals surface area contributed by atoms with Gasteiger partial charge in [-0.15, -0.1) is 0 Å². The maximum Gasteiger partial charge on any atom is 0.135 e. The molecule has 0 fully saturated rings. The predicted molar refractivity (Wildman–Crippen MR) is 307 cm³/mol. The zero-order valence-corrected chi connectivity index (χ0v) is 42.3. The van der Waals surface area contributed by atoms with Crippen LogP contribution in [0.4, 0.5) is 0 Å². The zero-order chi connectivity index (χ0) is 46.7. The van der Waals surface area contributed by atoms with Crippen LogP contribution in [0.3, 0.4) is 0 Å². The Morgan fingerprint density at radius 3 is 0.667 bits per heavy atom. The van der Waals surface area contributed by atoms with E-state index in [1.54, 1.807) is 0 Å². The summed E-state index contributed by atoms with van der Waals surface area (Å²) in [6.07, 6.45) is 5.06. The highest BCUT2D eigenvalue weighted by Crippen LogP contribution is 2.41. The van der Waals surface area contributed by atoms with Gasteiger partial charge in [-0.3, -0.25) is 0 Å². The van der Waals surface area contributed by atoms with E-state index in [1.165, 1.54) is 78.2 Å². The molecule has 0 N–H and O–H groups in total. The number of benzene rings is 10.